The van der Waals surface area contributed by atoms with Crippen LogP contribution < -0.4 is 4.83 Å². The molecular weight excluding hydrogens is 320 g/mol. The first-order chi connectivity index (χ1) is 11.4. The van der Waals surface area contributed by atoms with Gasteiger partial charge in [0, 0.05) is 6.72 Å². The maximum atomic E-state index is 11.3. The van der Waals surface area contributed by atoms with Gasteiger partial charge in [0.25, 0.3) is 10.0 Å². The Morgan fingerprint density at radius 1 is 0.875 bits per heavy atom. The third-order valence-corrected chi connectivity index (χ3v) is 4.79. The molecular formula is C19H20N2O2S. The molecule has 0 unspecified atom stereocenters. The molecule has 0 saturated carbocycles. The molecule has 0 heterocycles. The van der Waals surface area contributed by atoms with Crippen LogP contribution in [0.4, 0.5) is 0 Å². The van der Waals surface area contributed by atoms with Gasteiger partial charge < -0.3 is 0 Å². The van der Waals surface area contributed by atoms with Crippen LogP contribution in [-0.2, 0) is 10.0 Å². The molecule has 24 heavy (non-hydrogen) atoms. The summed E-state index contributed by atoms with van der Waals surface area (Å²) < 4.78 is 22.6. The van der Waals surface area contributed by atoms with Crippen LogP contribution in [0.25, 0.3) is 10.8 Å². The predicted molar refractivity (Wildman–Crippen MR) is 99.7 cm³/mol. The fourth-order valence-corrected chi connectivity index (χ4v) is 3.01. The number of hydrogen-bond donors (Lipinski definition) is 1. The van der Waals surface area contributed by atoms with Crippen LogP contribution in [-0.4, -0.2) is 15.1 Å². The number of sulfonamides is 1. The lowest BCUT2D eigenvalue weighted by atomic mass is 10.1. The number of rotatable bonds is 3. The van der Waals surface area contributed by atoms with Crippen molar-refractivity contribution in [3.8, 4) is 0 Å². The van der Waals surface area contributed by atoms with Gasteiger partial charge in [0.2, 0.25) is 0 Å². The Morgan fingerprint density at radius 2 is 1.50 bits per heavy atom. The Morgan fingerprint density at radius 3 is 2.12 bits per heavy atom. The molecule has 0 fully saturated rings. The van der Waals surface area contributed by atoms with E-state index in [1.807, 2.05) is 11.8 Å². The second kappa shape index (κ2) is 7.75. The molecule has 3 aromatic carbocycles. The minimum atomic E-state index is -3.51. The van der Waals surface area contributed by atoms with Gasteiger partial charge in [-0.3, -0.25) is 0 Å². The highest BCUT2D eigenvalue weighted by atomic mass is 32.2. The summed E-state index contributed by atoms with van der Waals surface area (Å²) in [5.41, 5.74) is 2.36. The summed E-state index contributed by atoms with van der Waals surface area (Å²) in [5.74, 6) is 0. The van der Waals surface area contributed by atoms with E-state index >= 15 is 0 Å². The number of fused-ring (bicyclic) bond motifs is 1. The average molecular weight is 340 g/mol. The van der Waals surface area contributed by atoms with Crippen LogP contribution in [0.2, 0.25) is 0 Å². The summed E-state index contributed by atoms with van der Waals surface area (Å²) in [5, 5.41) is 5.80. The maximum absolute atomic E-state index is 11.3. The van der Waals surface area contributed by atoms with Gasteiger partial charge in [-0.05, 0) is 42.3 Å². The zero-order chi connectivity index (χ0) is 17.6. The predicted octanol–water partition coefficient (Wildman–Crippen LogP) is 4.04. The highest BCUT2D eigenvalue weighted by Gasteiger charge is 2.10. The number of nitrogens with zero attached hydrogens (tertiary/aromatic N) is 1. The number of nitrogens with one attached hydrogen (secondary N) is 1. The Hall–Kier alpha value is -2.66. The summed E-state index contributed by atoms with van der Waals surface area (Å²) in [6.45, 7) is 7.07. The van der Waals surface area contributed by atoms with Gasteiger partial charge in [0.05, 0.1) is 4.90 Å². The summed E-state index contributed by atoms with van der Waals surface area (Å²) in [6, 6.07) is 21.3. The smallest absolute Gasteiger partial charge is 0.201 e. The van der Waals surface area contributed by atoms with Gasteiger partial charge in [-0.2, -0.15) is 13.5 Å². The summed E-state index contributed by atoms with van der Waals surface area (Å²) in [7, 11) is -3.51. The monoisotopic (exact) mass is 340 g/mol. The summed E-state index contributed by atoms with van der Waals surface area (Å²) >= 11 is 0. The molecule has 0 saturated heterocycles. The fourth-order valence-electron chi connectivity index (χ4n) is 2.24. The van der Waals surface area contributed by atoms with E-state index in [0.717, 1.165) is 5.56 Å². The van der Waals surface area contributed by atoms with Crippen LogP contribution in [0.3, 0.4) is 0 Å². The number of aryl methyl sites for hydroxylation is 2. The van der Waals surface area contributed by atoms with Gasteiger partial charge in [-0.15, -0.1) is 0 Å². The van der Waals surface area contributed by atoms with Gasteiger partial charge >= 0.3 is 0 Å². The van der Waals surface area contributed by atoms with Crippen molar-refractivity contribution in [1.82, 2.24) is 4.83 Å². The van der Waals surface area contributed by atoms with E-state index in [4.69, 9.17) is 0 Å². The molecule has 3 rings (SSSR count). The molecule has 0 aliphatic rings. The minimum absolute atomic E-state index is 0.186. The van der Waals surface area contributed by atoms with E-state index < -0.39 is 10.0 Å². The molecule has 0 aromatic heterocycles. The number of hydrogen-bond acceptors (Lipinski definition) is 3. The van der Waals surface area contributed by atoms with Crippen molar-refractivity contribution in [2.75, 3.05) is 0 Å². The molecule has 4 nitrogen and oxygen atoms in total. The Balaban J connectivity index is 0.000000175. The summed E-state index contributed by atoms with van der Waals surface area (Å²) in [6.07, 6.45) is 0. The topological polar surface area (TPSA) is 58.5 Å². The lowest BCUT2D eigenvalue weighted by Crippen LogP contribution is -2.17. The highest BCUT2D eigenvalue weighted by Crippen LogP contribution is 2.16. The van der Waals surface area contributed by atoms with Crippen LogP contribution >= 0.6 is 0 Å². The van der Waals surface area contributed by atoms with E-state index in [-0.39, 0.29) is 4.90 Å². The maximum Gasteiger partial charge on any atom is 0.276 e. The third kappa shape index (κ3) is 4.43. The first-order valence-electron chi connectivity index (χ1n) is 7.42. The fraction of sp³-hybridized carbons (Fsp3) is 0.105. The normalized spacial score (nSPS) is 10.6. The Bertz CT molecular complexity index is 928. The summed E-state index contributed by atoms with van der Waals surface area (Å²) in [4.78, 5) is 2.13. The van der Waals surface area contributed by atoms with Crippen molar-refractivity contribution in [2.24, 2.45) is 5.10 Å². The van der Waals surface area contributed by atoms with E-state index in [9.17, 15) is 8.42 Å². The second-order valence-electron chi connectivity index (χ2n) is 5.36. The molecule has 5 heteroatoms. The molecule has 0 bridgehead atoms. The van der Waals surface area contributed by atoms with Gasteiger partial charge in [-0.25, -0.2) is 4.83 Å². The SMILES string of the molecule is C=NNS(=O)(=O)c1ccc(C)cc1.Cc1cccc2ccccc12. The molecule has 0 aliphatic heterocycles. The van der Waals surface area contributed by atoms with Crippen molar-refractivity contribution >= 4 is 27.5 Å². The first kappa shape index (κ1) is 17.7. The lowest BCUT2D eigenvalue weighted by Gasteiger charge is -2.02. The zero-order valence-electron chi connectivity index (χ0n) is 13.7. The molecule has 0 amide bonds. The van der Waals surface area contributed by atoms with E-state index in [1.54, 1.807) is 12.1 Å². The van der Waals surface area contributed by atoms with E-state index in [0.29, 0.717) is 0 Å². The highest BCUT2D eigenvalue weighted by molar-refractivity contribution is 7.89. The van der Waals surface area contributed by atoms with Crippen molar-refractivity contribution in [3.05, 3.63) is 77.9 Å². The first-order valence-corrected chi connectivity index (χ1v) is 8.91. The molecule has 0 atom stereocenters. The van der Waals surface area contributed by atoms with Crippen molar-refractivity contribution in [1.29, 1.82) is 0 Å². The van der Waals surface area contributed by atoms with Crippen LogP contribution in [0.15, 0.2) is 76.7 Å². The Kier molecular flexibility index (Phi) is 5.71. The van der Waals surface area contributed by atoms with Gasteiger partial charge in [0.15, 0.2) is 0 Å². The average Bonchev–Trinajstić information content (AvgIpc) is 2.56. The zero-order valence-corrected chi connectivity index (χ0v) is 14.5. The minimum Gasteiger partial charge on any atom is -0.201 e. The van der Waals surface area contributed by atoms with Crippen molar-refractivity contribution in [2.45, 2.75) is 18.7 Å². The molecule has 1 N–H and O–H groups in total. The lowest BCUT2D eigenvalue weighted by molar-refractivity contribution is 0.585. The van der Waals surface area contributed by atoms with Crippen LogP contribution in [0.1, 0.15) is 11.1 Å². The molecule has 3 aromatic rings. The largest absolute Gasteiger partial charge is 0.276 e. The number of hydrazone groups is 1. The van der Waals surface area contributed by atoms with Crippen LogP contribution in [0, 0.1) is 13.8 Å². The molecule has 124 valence electrons. The standard InChI is InChI=1S/C11H10.C8H10N2O2S/c1-9-5-4-7-10-6-2-3-8-11(9)10;1-7-3-5-8(6-4-7)13(11,12)10-9-2/h2-8H,1H3;3-6,10H,2H2,1H3. The molecule has 0 aliphatic carbocycles. The van der Waals surface area contributed by atoms with Crippen molar-refractivity contribution in [3.63, 3.8) is 0 Å². The van der Waals surface area contributed by atoms with Gasteiger partial charge in [0.1, 0.15) is 0 Å². The van der Waals surface area contributed by atoms with Crippen molar-refractivity contribution < 1.29 is 8.42 Å². The third-order valence-electron chi connectivity index (χ3n) is 3.52. The second-order valence-corrected chi connectivity index (χ2v) is 7.02. The Labute approximate surface area is 142 Å². The molecule has 0 spiro atoms. The van der Waals surface area contributed by atoms with Crippen LogP contribution in [0.5, 0.6) is 0 Å². The number of benzene rings is 3. The van der Waals surface area contributed by atoms with E-state index in [1.165, 1.54) is 28.5 Å². The van der Waals surface area contributed by atoms with Gasteiger partial charge in [-0.1, -0.05) is 60.2 Å². The van der Waals surface area contributed by atoms with E-state index in [2.05, 4.69) is 61.2 Å². The molecule has 0 radical (unpaired) electrons. The quantitative estimate of drug-likeness (QED) is 0.578.